The van der Waals surface area contributed by atoms with Gasteiger partial charge >= 0.3 is 5.97 Å². The first-order chi connectivity index (χ1) is 9.51. The fourth-order valence-corrected chi connectivity index (χ4v) is 4.52. The van der Waals surface area contributed by atoms with E-state index in [0.29, 0.717) is 36.0 Å². The summed E-state index contributed by atoms with van der Waals surface area (Å²) in [6.45, 7) is 4.27. The second-order valence-corrected chi connectivity index (χ2v) is 7.07. The van der Waals surface area contributed by atoms with Crippen molar-refractivity contribution in [2.24, 2.45) is 11.8 Å². The van der Waals surface area contributed by atoms with Gasteiger partial charge in [0.1, 0.15) is 5.60 Å². The van der Waals surface area contributed by atoms with Crippen molar-refractivity contribution < 1.29 is 19.4 Å². The zero-order valence-electron chi connectivity index (χ0n) is 12.1. The molecule has 0 spiro atoms. The molecule has 2 aliphatic carbocycles. The van der Waals surface area contributed by atoms with E-state index >= 15 is 0 Å². The molecule has 20 heavy (non-hydrogen) atoms. The average molecular weight is 278 g/mol. The molecule has 3 fully saturated rings. The minimum atomic E-state index is -0.766. The lowest BCUT2D eigenvalue weighted by molar-refractivity contribution is -0.133. The van der Waals surface area contributed by atoms with Crippen LogP contribution in [-0.2, 0) is 14.3 Å². The van der Waals surface area contributed by atoms with Crippen LogP contribution in [0.25, 0.3) is 0 Å². The molecule has 1 N–H and O–H groups in total. The summed E-state index contributed by atoms with van der Waals surface area (Å²) in [7, 11) is 0. The van der Waals surface area contributed by atoms with Crippen molar-refractivity contribution in [3.05, 3.63) is 11.1 Å². The van der Waals surface area contributed by atoms with Gasteiger partial charge in [-0.25, -0.2) is 4.79 Å². The predicted molar refractivity (Wildman–Crippen MR) is 72.3 cm³/mol. The van der Waals surface area contributed by atoms with Gasteiger partial charge in [-0.3, -0.25) is 0 Å². The van der Waals surface area contributed by atoms with E-state index in [1.807, 2.05) is 6.92 Å². The Balaban J connectivity index is 1.56. The lowest BCUT2D eigenvalue weighted by Crippen LogP contribution is -2.32. The Kier molecular flexibility index (Phi) is 2.62. The molecular weight excluding hydrogens is 256 g/mol. The molecule has 2 aliphatic heterocycles. The standard InChI is InChI=1S/C16H22O4/c1-8-5-12-13(19-12)6-10(8)7-16-9(2)11(15(17)18)3-4-14(16)20-16/h8,10,12-14H,3-7H2,1-2H3,(H,17,18). The zero-order chi connectivity index (χ0) is 14.1. The molecule has 110 valence electrons. The number of carboxylic acids is 1. The second-order valence-electron chi connectivity index (χ2n) is 7.07. The van der Waals surface area contributed by atoms with Crippen LogP contribution in [0.1, 0.15) is 46.0 Å². The van der Waals surface area contributed by atoms with Gasteiger partial charge in [0, 0.05) is 5.57 Å². The number of hydrogen-bond donors (Lipinski definition) is 1. The Bertz CT molecular complexity index is 497. The summed E-state index contributed by atoms with van der Waals surface area (Å²) in [6.07, 6.45) is 6.02. The smallest absolute Gasteiger partial charge is 0.331 e. The van der Waals surface area contributed by atoms with E-state index in [0.717, 1.165) is 31.3 Å². The van der Waals surface area contributed by atoms with Crippen LogP contribution in [0.3, 0.4) is 0 Å². The van der Waals surface area contributed by atoms with Crippen LogP contribution in [0, 0.1) is 11.8 Å². The van der Waals surface area contributed by atoms with E-state index in [-0.39, 0.29) is 11.7 Å². The molecule has 4 aliphatic rings. The van der Waals surface area contributed by atoms with E-state index in [2.05, 4.69) is 6.92 Å². The van der Waals surface area contributed by atoms with Crippen LogP contribution in [-0.4, -0.2) is 35.0 Å². The summed E-state index contributed by atoms with van der Waals surface area (Å²) in [5.41, 5.74) is 1.31. The van der Waals surface area contributed by atoms with Gasteiger partial charge in [-0.15, -0.1) is 0 Å². The van der Waals surface area contributed by atoms with Gasteiger partial charge < -0.3 is 14.6 Å². The van der Waals surface area contributed by atoms with Gasteiger partial charge in [-0.1, -0.05) is 6.92 Å². The second kappa shape index (κ2) is 4.08. The predicted octanol–water partition coefficient (Wildman–Crippen LogP) is 2.52. The van der Waals surface area contributed by atoms with E-state index in [9.17, 15) is 9.90 Å². The maximum atomic E-state index is 11.4. The van der Waals surface area contributed by atoms with Crippen molar-refractivity contribution in [3.63, 3.8) is 0 Å². The van der Waals surface area contributed by atoms with Gasteiger partial charge in [0.25, 0.3) is 0 Å². The molecule has 4 heteroatoms. The molecular formula is C16H22O4. The SMILES string of the molecule is CC1=C(C(=O)O)CCC2OC12CC1CC2OC2CC1C. The summed E-state index contributed by atoms with van der Waals surface area (Å²) in [4.78, 5) is 11.4. The Morgan fingerprint density at radius 2 is 2.15 bits per heavy atom. The van der Waals surface area contributed by atoms with Crippen LogP contribution in [0.4, 0.5) is 0 Å². The van der Waals surface area contributed by atoms with E-state index in [1.54, 1.807) is 0 Å². The van der Waals surface area contributed by atoms with E-state index < -0.39 is 5.97 Å². The molecule has 4 rings (SSSR count). The third kappa shape index (κ3) is 1.77. The number of aliphatic carboxylic acids is 1. The highest BCUT2D eigenvalue weighted by Crippen LogP contribution is 2.57. The largest absolute Gasteiger partial charge is 0.478 e. The first-order valence-electron chi connectivity index (χ1n) is 7.78. The molecule has 6 atom stereocenters. The highest BCUT2D eigenvalue weighted by molar-refractivity contribution is 5.88. The lowest BCUT2D eigenvalue weighted by atomic mass is 9.71. The van der Waals surface area contributed by atoms with Crippen molar-refractivity contribution in [1.29, 1.82) is 0 Å². The molecule has 0 aromatic rings. The molecule has 0 bridgehead atoms. The van der Waals surface area contributed by atoms with Crippen molar-refractivity contribution in [2.75, 3.05) is 0 Å². The van der Waals surface area contributed by atoms with Crippen molar-refractivity contribution in [3.8, 4) is 0 Å². The molecule has 2 heterocycles. The number of hydrogen-bond acceptors (Lipinski definition) is 3. The Labute approximate surface area is 119 Å². The average Bonchev–Trinajstić information content (AvgIpc) is 3.26. The Morgan fingerprint density at radius 3 is 2.90 bits per heavy atom. The number of rotatable bonds is 3. The normalized spacial score (nSPS) is 49.4. The fraction of sp³-hybridized carbons (Fsp3) is 0.812. The number of ether oxygens (including phenoxy) is 2. The minimum Gasteiger partial charge on any atom is -0.478 e. The fourth-order valence-electron chi connectivity index (χ4n) is 4.52. The highest BCUT2D eigenvalue weighted by atomic mass is 16.6. The van der Waals surface area contributed by atoms with Crippen LogP contribution < -0.4 is 0 Å². The first kappa shape index (κ1) is 12.8. The monoisotopic (exact) mass is 278 g/mol. The molecule has 0 aromatic heterocycles. The highest BCUT2D eigenvalue weighted by Gasteiger charge is 2.62. The zero-order valence-corrected chi connectivity index (χ0v) is 12.1. The van der Waals surface area contributed by atoms with Crippen LogP contribution in [0.15, 0.2) is 11.1 Å². The summed E-state index contributed by atoms with van der Waals surface area (Å²) in [6, 6.07) is 0. The number of carboxylic acid groups (broad SMARTS) is 1. The number of fused-ring (bicyclic) bond motifs is 2. The van der Waals surface area contributed by atoms with E-state index in [1.165, 1.54) is 0 Å². The summed E-state index contributed by atoms with van der Waals surface area (Å²) >= 11 is 0. The maximum absolute atomic E-state index is 11.4. The molecule has 0 radical (unpaired) electrons. The van der Waals surface area contributed by atoms with Crippen LogP contribution in [0.5, 0.6) is 0 Å². The number of epoxide rings is 2. The molecule has 0 aromatic carbocycles. The molecule has 1 saturated carbocycles. The maximum Gasteiger partial charge on any atom is 0.331 e. The van der Waals surface area contributed by atoms with Crippen molar-refractivity contribution in [2.45, 2.75) is 69.9 Å². The van der Waals surface area contributed by atoms with Crippen LogP contribution >= 0.6 is 0 Å². The molecule has 2 saturated heterocycles. The van der Waals surface area contributed by atoms with Crippen LogP contribution in [0.2, 0.25) is 0 Å². The summed E-state index contributed by atoms with van der Waals surface area (Å²) in [5, 5.41) is 9.33. The van der Waals surface area contributed by atoms with E-state index in [4.69, 9.17) is 9.47 Å². The molecule has 6 unspecified atom stereocenters. The van der Waals surface area contributed by atoms with Crippen molar-refractivity contribution >= 4 is 5.97 Å². The van der Waals surface area contributed by atoms with Gasteiger partial charge in [0.2, 0.25) is 0 Å². The number of carbonyl (C=O) groups is 1. The Hall–Kier alpha value is -0.870. The quantitative estimate of drug-likeness (QED) is 0.806. The Morgan fingerprint density at radius 1 is 1.40 bits per heavy atom. The van der Waals surface area contributed by atoms with Gasteiger partial charge in [-0.2, -0.15) is 0 Å². The lowest BCUT2D eigenvalue weighted by Gasteiger charge is -2.31. The van der Waals surface area contributed by atoms with Gasteiger partial charge in [0.05, 0.1) is 18.3 Å². The third-order valence-electron chi connectivity index (χ3n) is 6.01. The third-order valence-corrected chi connectivity index (χ3v) is 6.01. The minimum absolute atomic E-state index is 0.257. The van der Waals surface area contributed by atoms with Gasteiger partial charge in [0.15, 0.2) is 0 Å². The molecule has 4 nitrogen and oxygen atoms in total. The topological polar surface area (TPSA) is 62.4 Å². The summed E-state index contributed by atoms with van der Waals surface area (Å²) in [5.74, 6) is 0.492. The summed E-state index contributed by atoms with van der Waals surface area (Å²) < 4.78 is 11.6. The van der Waals surface area contributed by atoms with Gasteiger partial charge in [-0.05, 0) is 56.4 Å². The first-order valence-corrected chi connectivity index (χ1v) is 7.78. The van der Waals surface area contributed by atoms with Crippen molar-refractivity contribution in [1.82, 2.24) is 0 Å². The molecule has 0 amide bonds.